The summed E-state index contributed by atoms with van der Waals surface area (Å²) in [7, 11) is 3.08. The van der Waals surface area contributed by atoms with Gasteiger partial charge >= 0.3 is 5.91 Å². The summed E-state index contributed by atoms with van der Waals surface area (Å²) in [5, 5.41) is 12.1. The smallest absolute Gasteiger partial charge is 0.301 e. The molecular weight excluding hydrogens is 488 g/mol. The average Bonchev–Trinajstić information content (AvgIpc) is 3.41. The van der Waals surface area contributed by atoms with Gasteiger partial charge in [-0.15, -0.1) is 0 Å². The van der Waals surface area contributed by atoms with Gasteiger partial charge in [0, 0.05) is 10.6 Å². The van der Waals surface area contributed by atoms with E-state index in [0.29, 0.717) is 38.3 Å². The van der Waals surface area contributed by atoms with Crippen molar-refractivity contribution in [1.82, 2.24) is 4.98 Å². The van der Waals surface area contributed by atoms with Gasteiger partial charge in [-0.25, -0.2) is 4.98 Å². The second kappa shape index (κ2) is 9.05. The molecule has 1 unspecified atom stereocenters. The van der Waals surface area contributed by atoms with Gasteiger partial charge in [0.15, 0.2) is 5.13 Å². The molecular formula is C26H19ClN2O5S. The normalized spacial score (nSPS) is 17.2. The van der Waals surface area contributed by atoms with Crippen molar-refractivity contribution in [2.45, 2.75) is 6.04 Å². The summed E-state index contributed by atoms with van der Waals surface area (Å²) in [5.41, 5.74) is 1.59. The molecule has 1 saturated heterocycles. The maximum atomic E-state index is 13.3. The minimum atomic E-state index is -0.902. The molecule has 2 heterocycles. The van der Waals surface area contributed by atoms with Crippen molar-refractivity contribution in [3.63, 3.8) is 0 Å². The van der Waals surface area contributed by atoms with E-state index in [9.17, 15) is 14.7 Å². The number of nitrogens with zero attached hydrogens (tertiary/aromatic N) is 2. The number of ketones is 1. The molecule has 5 rings (SSSR count). The SMILES string of the molecule is COc1cccc(/C(O)=C2\C(=O)C(=O)N(c3nc4ccc(OC)cc4s3)C2c2ccc(Cl)cc2)c1. The Hall–Kier alpha value is -3.88. The van der Waals surface area contributed by atoms with Crippen LogP contribution in [0, 0.1) is 0 Å². The Balaban J connectivity index is 1.71. The minimum absolute atomic E-state index is 0.0394. The third kappa shape index (κ3) is 4.00. The van der Waals surface area contributed by atoms with Crippen molar-refractivity contribution in [2.75, 3.05) is 19.1 Å². The number of benzene rings is 3. The maximum absolute atomic E-state index is 13.3. The predicted molar refractivity (Wildman–Crippen MR) is 135 cm³/mol. The molecule has 7 nitrogen and oxygen atoms in total. The van der Waals surface area contributed by atoms with E-state index in [1.165, 1.54) is 23.3 Å². The number of halogens is 1. The lowest BCUT2D eigenvalue weighted by Crippen LogP contribution is -2.29. The number of methoxy groups -OCH3 is 2. The van der Waals surface area contributed by atoms with Crippen LogP contribution in [0.15, 0.2) is 72.3 Å². The summed E-state index contributed by atoms with van der Waals surface area (Å²) in [5.74, 6) is -0.719. The van der Waals surface area contributed by atoms with Crippen molar-refractivity contribution in [3.05, 3.63) is 88.5 Å². The molecule has 1 aliphatic heterocycles. The number of anilines is 1. The van der Waals surface area contributed by atoms with Gasteiger partial charge in [-0.2, -0.15) is 0 Å². The van der Waals surface area contributed by atoms with E-state index >= 15 is 0 Å². The number of fused-ring (bicyclic) bond motifs is 1. The van der Waals surface area contributed by atoms with Gasteiger partial charge in [0.2, 0.25) is 0 Å². The van der Waals surface area contributed by atoms with E-state index < -0.39 is 17.7 Å². The van der Waals surface area contributed by atoms with Crippen LogP contribution in [0.1, 0.15) is 17.2 Å². The zero-order chi connectivity index (χ0) is 24.7. The Morgan fingerprint density at radius 2 is 1.71 bits per heavy atom. The molecule has 1 aromatic heterocycles. The molecule has 0 spiro atoms. The number of amides is 1. The van der Waals surface area contributed by atoms with Gasteiger partial charge < -0.3 is 14.6 Å². The number of hydrogen-bond donors (Lipinski definition) is 1. The predicted octanol–water partition coefficient (Wildman–Crippen LogP) is 5.59. The zero-order valence-corrected chi connectivity index (χ0v) is 20.3. The number of carbonyl (C=O) groups is 2. The molecule has 1 atom stereocenters. The van der Waals surface area contributed by atoms with Gasteiger partial charge in [0.1, 0.15) is 17.3 Å². The van der Waals surface area contributed by atoms with E-state index in [1.54, 1.807) is 67.8 Å². The Bertz CT molecular complexity index is 1500. The zero-order valence-electron chi connectivity index (χ0n) is 18.7. The number of hydrogen-bond acceptors (Lipinski definition) is 7. The second-order valence-electron chi connectivity index (χ2n) is 7.78. The first-order valence-electron chi connectivity index (χ1n) is 10.6. The summed E-state index contributed by atoms with van der Waals surface area (Å²) in [6.45, 7) is 0. The van der Waals surface area contributed by atoms with Crippen LogP contribution in [0.3, 0.4) is 0 Å². The second-order valence-corrected chi connectivity index (χ2v) is 9.23. The Morgan fingerprint density at radius 1 is 1.00 bits per heavy atom. The summed E-state index contributed by atoms with van der Waals surface area (Å²) >= 11 is 7.35. The third-order valence-corrected chi connectivity index (χ3v) is 7.03. The average molecular weight is 507 g/mol. The number of aromatic nitrogens is 1. The van der Waals surface area contributed by atoms with Crippen LogP contribution in [0.25, 0.3) is 16.0 Å². The fourth-order valence-corrected chi connectivity index (χ4v) is 5.19. The summed E-state index contributed by atoms with van der Waals surface area (Å²) in [4.78, 5) is 32.6. The molecule has 1 fully saturated rings. The number of aliphatic hydroxyl groups excluding tert-OH is 1. The fourth-order valence-electron chi connectivity index (χ4n) is 4.04. The van der Waals surface area contributed by atoms with Gasteiger partial charge in [-0.1, -0.05) is 47.2 Å². The highest BCUT2D eigenvalue weighted by Gasteiger charge is 2.48. The highest BCUT2D eigenvalue weighted by molar-refractivity contribution is 7.22. The number of thiazole rings is 1. The van der Waals surface area contributed by atoms with E-state index in [1.807, 2.05) is 6.07 Å². The van der Waals surface area contributed by atoms with Crippen LogP contribution < -0.4 is 14.4 Å². The highest BCUT2D eigenvalue weighted by atomic mass is 35.5. The van der Waals surface area contributed by atoms with E-state index in [0.717, 1.165) is 4.70 Å². The minimum Gasteiger partial charge on any atom is -0.507 e. The van der Waals surface area contributed by atoms with Crippen molar-refractivity contribution >= 4 is 55.7 Å². The molecule has 0 radical (unpaired) electrons. The van der Waals surface area contributed by atoms with Crippen LogP contribution in [0.4, 0.5) is 5.13 Å². The molecule has 0 bridgehead atoms. The van der Waals surface area contributed by atoms with E-state index in [-0.39, 0.29) is 11.3 Å². The number of Topliss-reactive ketones (excluding diaryl/α,β-unsaturated/α-hetero) is 1. The number of rotatable bonds is 5. The van der Waals surface area contributed by atoms with Crippen molar-refractivity contribution in [2.24, 2.45) is 0 Å². The van der Waals surface area contributed by atoms with Crippen LogP contribution in [0.2, 0.25) is 5.02 Å². The van der Waals surface area contributed by atoms with Gasteiger partial charge in [-0.3, -0.25) is 14.5 Å². The van der Waals surface area contributed by atoms with Crippen molar-refractivity contribution in [1.29, 1.82) is 0 Å². The molecule has 0 aliphatic carbocycles. The van der Waals surface area contributed by atoms with E-state index in [2.05, 4.69) is 4.98 Å². The molecule has 1 N–H and O–H groups in total. The summed E-state index contributed by atoms with van der Waals surface area (Å²) < 4.78 is 11.3. The van der Waals surface area contributed by atoms with Crippen LogP contribution in [0.5, 0.6) is 11.5 Å². The first-order valence-corrected chi connectivity index (χ1v) is 11.8. The van der Waals surface area contributed by atoms with Crippen LogP contribution in [-0.4, -0.2) is 36.0 Å². The lowest BCUT2D eigenvalue weighted by Gasteiger charge is -2.23. The largest absolute Gasteiger partial charge is 0.507 e. The van der Waals surface area contributed by atoms with Gasteiger partial charge in [0.25, 0.3) is 5.78 Å². The molecule has 35 heavy (non-hydrogen) atoms. The molecule has 176 valence electrons. The molecule has 1 amide bonds. The summed E-state index contributed by atoms with van der Waals surface area (Å²) in [6, 6.07) is 17.9. The topological polar surface area (TPSA) is 89.0 Å². The van der Waals surface area contributed by atoms with Gasteiger partial charge in [0.05, 0.1) is 36.1 Å². The number of carbonyl (C=O) groups excluding carboxylic acids is 2. The van der Waals surface area contributed by atoms with Crippen molar-refractivity contribution in [3.8, 4) is 11.5 Å². The quantitative estimate of drug-likeness (QED) is 0.215. The lowest BCUT2D eigenvalue weighted by atomic mass is 9.95. The summed E-state index contributed by atoms with van der Waals surface area (Å²) in [6.07, 6.45) is 0. The molecule has 9 heteroatoms. The highest BCUT2D eigenvalue weighted by Crippen LogP contribution is 2.45. The van der Waals surface area contributed by atoms with Crippen LogP contribution in [-0.2, 0) is 9.59 Å². The Morgan fingerprint density at radius 3 is 2.43 bits per heavy atom. The first-order chi connectivity index (χ1) is 16.9. The molecule has 1 aliphatic rings. The number of ether oxygens (including phenoxy) is 2. The fraction of sp³-hybridized carbons (Fsp3) is 0.115. The maximum Gasteiger partial charge on any atom is 0.301 e. The Labute approximate surface area is 209 Å². The first kappa shape index (κ1) is 22.9. The Kier molecular flexibility index (Phi) is 5.92. The third-order valence-electron chi connectivity index (χ3n) is 5.76. The molecule has 3 aromatic carbocycles. The standard InChI is InChI=1S/C26H19ClN2O5S/c1-33-17-5-3-4-15(12-17)23(30)21-22(14-6-8-16(27)9-7-14)29(25(32)24(21)31)26-28-19-11-10-18(34-2)13-20(19)35-26/h3-13,22,30H,1-2H3/b23-21+. The molecule has 0 saturated carbocycles. The van der Waals surface area contributed by atoms with Gasteiger partial charge in [-0.05, 0) is 48.0 Å². The lowest BCUT2D eigenvalue weighted by molar-refractivity contribution is -0.132. The van der Waals surface area contributed by atoms with Crippen LogP contribution >= 0.6 is 22.9 Å². The molecule has 4 aromatic rings. The van der Waals surface area contributed by atoms with E-state index in [4.69, 9.17) is 21.1 Å². The number of aliphatic hydroxyl groups is 1. The monoisotopic (exact) mass is 506 g/mol. The van der Waals surface area contributed by atoms with Crippen molar-refractivity contribution < 1.29 is 24.2 Å².